The van der Waals surface area contributed by atoms with Gasteiger partial charge in [-0.25, -0.2) is 9.48 Å². The van der Waals surface area contributed by atoms with Crippen LogP contribution in [0.3, 0.4) is 0 Å². The maximum Gasteiger partial charge on any atom is 0.336 e. The molecule has 0 saturated carbocycles. The predicted octanol–water partition coefficient (Wildman–Crippen LogP) is 4.18. The number of nitrogens with one attached hydrogen (secondary N) is 1. The molecule has 8 heteroatoms. The second-order valence-electron chi connectivity index (χ2n) is 7.43. The van der Waals surface area contributed by atoms with Gasteiger partial charge in [-0.05, 0) is 26.0 Å². The highest BCUT2D eigenvalue weighted by Gasteiger charge is 2.43. The number of ether oxygens (including phenoxy) is 1. The molecule has 1 N–H and O–H groups in total. The third-order valence-corrected chi connectivity index (χ3v) is 5.45. The number of nitrogens with zero attached hydrogens (tertiary/aromatic N) is 3. The molecule has 0 bridgehead atoms. The Morgan fingerprint density at radius 2 is 1.69 bits per heavy atom. The lowest BCUT2D eigenvalue weighted by Gasteiger charge is -2.25. The minimum absolute atomic E-state index is 0.110. The number of carbonyl (C=O) groups is 1. The summed E-state index contributed by atoms with van der Waals surface area (Å²) in [5, 5.41) is 19.9. The Hall–Kier alpha value is -4.20. The van der Waals surface area contributed by atoms with Crippen molar-refractivity contribution in [2.45, 2.75) is 19.8 Å². The number of aromatic nitrogens is 2. The summed E-state index contributed by atoms with van der Waals surface area (Å²) in [6.07, 6.45) is 1.75. The molecule has 3 aromatic rings. The van der Waals surface area contributed by atoms with Crippen molar-refractivity contribution in [3.63, 3.8) is 0 Å². The first-order valence-corrected chi connectivity index (χ1v) is 10.0. The molecule has 0 unspecified atom stereocenters. The van der Waals surface area contributed by atoms with Crippen molar-refractivity contribution in [1.82, 2.24) is 15.1 Å². The molecule has 2 heterocycles. The lowest BCUT2D eigenvalue weighted by Crippen LogP contribution is -2.31. The van der Waals surface area contributed by atoms with E-state index in [9.17, 15) is 14.9 Å². The van der Waals surface area contributed by atoms with Gasteiger partial charge in [0, 0.05) is 23.0 Å². The average molecular weight is 430 g/mol. The number of esters is 1. The lowest BCUT2D eigenvalue weighted by atomic mass is 9.83. The molecule has 2 aromatic carbocycles. The fourth-order valence-corrected chi connectivity index (χ4v) is 4.04. The number of hydrogen-bond acceptors (Lipinski definition) is 6. The maximum absolute atomic E-state index is 12.8. The lowest BCUT2D eigenvalue weighted by molar-refractivity contribution is -0.431. The molecule has 0 radical (unpaired) electrons. The fourth-order valence-electron chi connectivity index (χ4n) is 4.04. The minimum Gasteiger partial charge on any atom is -0.466 e. The first kappa shape index (κ1) is 21.0. The van der Waals surface area contributed by atoms with Crippen LogP contribution in [0.25, 0.3) is 16.9 Å². The normalized spacial score (nSPS) is 16.0. The van der Waals surface area contributed by atoms with Crippen LogP contribution in [0.2, 0.25) is 0 Å². The molecular weight excluding hydrogens is 408 g/mol. The highest BCUT2D eigenvalue weighted by Crippen LogP contribution is 2.42. The largest absolute Gasteiger partial charge is 0.466 e. The Balaban J connectivity index is 2.02. The van der Waals surface area contributed by atoms with Gasteiger partial charge in [0.25, 0.3) is 5.70 Å². The number of para-hydroxylation sites is 1. The highest BCUT2D eigenvalue weighted by atomic mass is 16.6. The van der Waals surface area contributed by atoms with E-state index >= 15 is 0 Å². The van der Waals surface area contributed by atoms with Crippen molar-refractivity contribution in [2.75, 3.05) is 7.11 Å². The van der Waals surface area contributed by atoms with E-state index in [1.54, 1.807) is 24.7 Å². The summed E-state index contributed by atoms with van der Waals surface area (Å²) in [4.78, 5) is 24.5. The van der Waals surface area contributed by atoms with Crippen molar-refractivity contribution in [3.8, 4) is 16.9 Å². The first-order chi connectivity index (χ1) is 15.4. The molecule has 0 saturated heterocycles. The van der Waals surface area contributed by atoms with Gasteiger partial charge in [-0.15, -0.1) is 0 Å². The molecule has 0 fully saturated rings. The van der Waals surface area contributed by atoms with Gasteiger partial charge in [-0.1, -0.05) is 48.5 Å². The minimum atomic E-state index is -0.952. The summed E-state index contributed by atoms with van der Waals surface area (Å²) in [5.74, 6) is -1.58. The number of dihydropyridines is 1. The quantitative estimate of drug-likeness (QED) is 0.370. The average Bonchev–Trinajstić information content (AvgIpc) is 3.24. The Labute approximate surface area is 185 Å². The zero-order chi connectivity index (χ0) is 22.8. The highest BCUT2D eigenvalue weighted by molar-refractivity contribution is 5.93. The van der Waals surface area contributed by atoms with E-state index in [2.05, 4.69) is 5.32 Å². The van der Waals surface area contributed by atoms with Crippen LogP contribution in [0.1, 0.15) is 25.3 Å². The van der Waals surface area contributed by atoms with E-state index in [0.717, 1.165) is 11.3 Å². The molecule has 1 aliphatic rings. The van der Waals surface area contributed by atoms with E-state index < -0.39 is 16.8 Å². The third kappa shape index (κ3) is 3.66. The van der Waals surface area contributed by atoms with E-state index in [4.69, 9.17) is 9.84 Å². The van der Waals surface area contributed by atoms with Gasteiger partial charge in [0.15, 0.2) is 0 Å². The first-order valence-electron chi connectivity index (χ1n) is 10.0. The molecule has 1 atom stereocenters. The summed E-state index contributed by atoms with van der Waals surface area (Å²) < 4.78 is 6.68. The van der Waals surface area contributed by atoms with Crippen LogP contribution >= 0.6 is 0 Å². The van der Waals surface area contributed by atoms with Crippen molar-refractivity contribution in [1.29, 1.82) is 0 Å². The molecule has 8 nitrogen and oxygen atoms in total. The number of hydrogen-bond donors (Lipinski definition) is 1. The van der Waals surface area contributed by atoms with Crippen LogP contribution in [-0.4, -0.2) is 27.8 Å². The van der Waals surface area contributed by atoms with Gasteiger partial charge in [-0.2, -0.15) is 5.10 Å². The van der Waals surface area contributed by atoms with Gasteiger partial charge in [0.05, 0.1) is 34.7 Å². The molecule has 1 aliphatic heterocycles. The van der Waals surface area contributed by atoms with Crippen LogP contribution in [0.4, 0.5) is 0 Å². The van der Waals surface area contributed by atoms with E-state index in [1.807, 2.05) is 60.7 Å². The number of rotatable bonds is 5. The maximum atomic E-state index is 12.8. The van der Waals surface area contributed by atoms with E-state index in [1.165, 1.54) is 7.11 Å². The molecule has 1 aromatic heterocycles. The van der Waals surface area contributed by atoms with E-state index in [0.29, 0.717) is 22.7 Å². The van der Waals surface area contributed by atoms with Crippen LogP contribution in [0, 0.1) is 10.1 Å². The Morgan fingerprint density at radius 1 is 1.06 bits per heavy atom. The Morgan fingerprint density at radius 3 is 2.28 bits per heavy atom. The zero-order valence-corrected chi connectivity index (χ0v) is 17.9. The Bertz CT molecular complexity index is 1240. The molecule has 0 aliphatic carbocycles. The zero-order valence-electron chi connectivity index (χ0n) is 17.9. The number of nitro groups is 1. The third-order valence-electron chi connectivity index (χ3n) is 5.45. The number of benzene rings is 2. The second-order valence-corrected chi connectivity index (χ2v) is 7.43. The monoisotopic (exact) mass is 430 g/mol. The Kier molecular flexibility index (Phi) is 5.59. The fraction of sp³-hybridized carbons (Fsp3) is 0.167. The standard InChI is InChI=1S/C24H22N4O4/c1-15-20(24(29)32-3)21(23(28(30)31)16(2)25-15)19-14-27(18-12-8-5-9-13-18)26-22(19)17-10-6-4-7-11-17/h4-14,21,25H,1-3H3/t21-/m0/s1. The predicted molar refractivity (Wildman–Crippen MR) is 119 cm³/mol. The number of methoxy groups -OCH3 is 1. The summed E-state index contributed by atoms with van der Waals surface area (Å²) in [7, 11) is 1.27. The van der Waals surface area contributed by atoms with Gasteiger partial charge in [-0.3, -0.25) is 10.1 Å². The summed E-state index contributed by atoms with van der Waals surface area (Å²) >= 11 is 0. The summed E-state index contributed by atoms with van der Waals surface area (Å²) in [6, 6.07) is 18.9. The van der Waals surface area contributed by atoms with Gasteiger partial charge >= 0.3 is 5.97 Å². The van der Waals surface area contributed by atoms with Crippen molar-refractivity contribution >= 4 is 5.97 Å². The molecule has 0 amide bonds. The van der Waals surface area contributed by atoms with Gasteiger partial charge in [0.1, 0.15) is 5.92 Å². The van der Waals surface area contributed by atoms with Gasteiger partial charge < -0.3 is 10.1 Å². The van der Waals surface area contributed by atoms with Gasteiger partial charge in [0.2, 0.25) is 0 Å². The van der Waals surface area contributed by atoms with Crippen LogP contribution < -0.4 is 5.32 Å². The molecule has 162 valence electrons. The SMILES string of the molecule is COC(=O)C1=C(C)NC(C)=C([N+](=O)[O-])[C@H]1c1cn(-c2ccccc2)nc1-c1ccccc1. The van der Waals surface area contributed by atoms with Crippen LogP contribution in [-0.2, 0) is 9.53 Å². The van der Waals surface area contributed by atoms with Crippen LogP contribution in [0.15, 0.2) is 89.5 Å². The smallest absolute Gasteiger partial charge is 0.336 e. The van der Waals surface area contributed by atoms with Crippen molar-refractivity contribution in [3.05, 3.63) is 105 Å². The van der Waals surface area contributed by atoms with Crippen molar-refractivity contribution in [2.24, 2.45) is 0 Å². The molecular formula is C24H22N4O4. The molecule has 32 heavy (non-hydrogen) atoms. The molecule has 4 rings (SSSR count). The van der Waals surface area contributed by atoms with Crippen LogP contribution in [0.5, 0.6) is 0 Å². The summed E-state index contributed by atoms with van der Waals surface area (Å²) in [5.41, 5.74) is 3.66. The topological polar surface area (TPSA) is 99.3 Å². The van der Waals surface area contributed by atoms with Crippen molar-refractivity contribution < 1.29 is 14.5 Å². The van der Waals surface area contributed by atoms with E-state index in [-0.39, 0.29) is 11.3 Å². The molecule has 0 spiro atoms. The number of allylic oxidation sites excluding steroid dienone is 3. The summed E-state index contributed by atoms with van der Waals surface area (Å²) in [6.45, 7) is 3.34. The number of carbonyl (C=O) groups excluding carboxylic acids is 1. The second kappa shape index (κ2) is 8.50.